The zero-order chi connectivity index (χ0) is 17.0. The number of aromatic nitrogens is 4. The van der Waals surface area contributed by atoms with Gasteiger partial charge in [0.05, 0.1) is 18.4 Å². The first-order valence-corrected chi connectivity index (χ1v) is 7.67. The number of hydrogen-bond donors (Lipinski definition) is 1. The summed E-state index contributed by atoms with van der Waals surface area (Å²) in [5, 5.41) is 7.21. The van der Waals surface area contributed by atoms with Crippen LogP contribution < -0.4 is 5.32 Å². The Kier molecular flexibility index (Phi) is 5.44. The third-order valence-electron chi connectivity index (χ3n) is 3.93. The second kappa shape index (κ2) is 7.32. The second-order valence-electron chi connectivity index (χ2n) is 5.91. The summed E-state index contributed by atoms with van der Waals surface area (Å²) in [6, 6.07) is 0.238. The molecule has 0 radical (unpaired) electrons. The van der Waals surface area contributed by atoms with E-state index in [0.29, 0.717) is 18.9 Å². The Morgan fingerprint density at radius 3 is 2.61 bits per heavy atom. The van der Waals surface area contributed by atoms with Crippen LogP contribution in [0.2, 0.25) is 0 Å². The van der Waals surface area contributed by atoms with E-state index in [1.807, 2.05) is 25.6 Å². The predicted octanol–water partition coefficient (Wildman–Crippen LogP) is 1.68. The van der Waals surface area contributed by atoms with Gasteiger partial charge < -0.3 is 5.32 Å². The number of aryl methyl sites for hydroxylation is 2. The fourth-order valence-electron chi connectivity index (χ4n) is 2.40. The molecule has 1 amide bonds. The summed E-state index contributed by atoms with van der Waals surface area (Å²) < 4.78 is 1.88. The van der Waals surface area contributed by atoms with E-state index >= 15 is 0 Å². The van der Waals surface area contributed by atoms with Gasteiger partial charge in [-0.2, -0.15) is 5.10 Å². The average Bonchev–Trinajstić information content (AvgIpc) is 2.73. The van der Waals surface area contributed by atoms with Crippen molar-refractivity contribution in [2.24, 2.45) is 7.05 Å². The molecule has 0 fully saturated rings. The molecule has 0 unspecified atom stereocenters. The summed E-state index contributed by atoms with van der Waals surface area (Å²) in [5.41, 5.74) is 3.31. The molecule has 7 nitrogen and oxygen atoms in total. The molecule has 2 aromatic rings. The van der Waals surface area contributed by atoms with Crippen LogP contribution in [0.5, 0.6) is 0 Å². The number of rotatable bonds is 6. The minimum absolute atomic E-state index is 0.0987. The lowest BCUT2D eigenvalue weighted by atomic mass is 10.1. The highest BCUT2D eigenvalue weighted by atomic mass is 16.2. The maximum atomic E-state index is 12.3. The summed E-state index contributed by atoms with van der Waals surface area (Å²) in [6.45, 7) is 9.19. The molecule has 0 spiro atoms. The van der Waals surface area contributed by atoms with Gasteiger partial charge in [0.15, 0.2) is 5.82 Å². The SMILES string of the molecule is Cc1nn(C)c(C)c1CN(CC(=O)Nc1cnccn1)C(C)C. The van der Waals surface area contributed by atoms with Crippen LogP contribution >= 0.6 is 0 Å². The standard InChI is InChI=1S/C16H24N6O/c1-11(2)22(9-14-12(3)20-21(5)13(14)4)10-16(23)19-15-8-17-6-7-18-15/h6-8,11H,9-10H2,1-5H3,(H,18,19,23). The lowest BCUT2D eigenvalue weighted by molar-refractivity contribution is -0.117. The molecule has 2 aromatic heterocycles. The lowest BCUT2D eigenvalue weighted by Gasteiger charge is -2.26. The van der Waals surface area contributed by atoms with E-state index in [4.69, 9.17) is 0 Å². The Morgan fingerprint density at radius 1 is 1.35 bits per heavy atom. The first-order valence-electron chi connectivity index (χ1n) is 7.67. The Balaban J connectivity index is 2.05. The second-order valence-corrected chi connectivity index (χ2v) is 5.91. The Bertz CT molecular complexity index is 665. The molecule has 0 atom stereocenters. The molecular formula is C16H24N6O. The van der Waals surface area contributed by atoms with Crippen molar-refractivity contribution in [3.8, 4) is 0 Å². The van der Waals surface area contributed by atoms with E-state index in [0.717, 1.165) is 11.4 Å². The zero-order valence-electron chi connectivity index (χ0n) is 14.4. The number of amides is 1. The van der Waals surface area contributed by atoms with E-state index in [9.17, 15) is 4.79 Å². The van der Waals surface area contributed by atoms with Gasteiger partial charge >= 0.3 is 0 Å². The number of carbonyl (C=O) groups is 1. The highest BCUT2D eigenvalue weighted by Gasteiger charge is 2.19. The summed E-state index contributed by atoms with van der Waals surface area (Å²) in [7, 11) is 1.94. The van der Waals surface area contributed by atoms with Crippen LogP contribution in [0.1, 0.15) is 30.8 Å². The van der Waals surface area contributed by atoms with Gasteiger partial charge in [0, 0.05) is 43.3 Å². The molecular weight excluding hydrogens is 292 g/mol. The van der Waals surface area contributed by atoms with Crippen molar-refractivity contribution in [1.29, 1.82) is 0 Å². The van der Waals surface area contributed by atoms with Gasteiger partial charge in [-0.25, -0.2) is 4.98 Å². The van der Waals surface area contributed by atoms with Crippen LogP contribution in [0.25, 0.3) is 0 Å². The normalized spacial score (nSPS) is 11.3. The molecule has 0 aromatic carbocycles. The molecule has 1 N–H and O–H groups in total. The number of carbonyl (C=O) groups excluding carboxylic acids is 1. The molecule has 0 aliphatic carbocycles. The number of anilines is 1. The monoisotopic (exact) mass is 316 g/mol. The number of hydrogen-bond acceptors (Lipinski definition) is 5. The summed E-state index contributed by atoms with van der Waals surface area (Å²) >= 11 is 0. The van der Waals surface area contributed by atoms with Gasteiger partial charge in [-0.15, -0.1) is 0 Å². The van der Waals surface area contributed by atoms with Crippen molar-refractivity contribution in [3.63, 3.8) is 0 Å². The van der Waals surface area contributed by atoms with E-state index in [2.05, 4.69) is 39.1 Å². The maximum Gasteiger partial charge on any atom is 0.239 e. The molecule has 2 rings (SSSR count). The highest BCUT2D eigenvalue weighted by molar-refractivity contribution is 5.91. The van der Waals surface area contributed by atoms with Crippen LogP contribution in [-0.2, 0) is 18.4 Å². The van der Waals surface area contributed by atoms with Gasteiger partial charge in [0.2, 0.25) is 5.91 Å². The molecule has 2 heterocycles. The van der Waals surface area contributed by atoms with Gasteiger partial charge in [0.1, 0.15) is 0 Å². The van der Waals surface area contributed by atoms with Crippen LogP contribution in [0.4, 0.5) is 5.82 Å². The van der Waals surface area contributed by atoms with E-state index < -0.39 is 0 Å². The number of nitrogens with zero attached hydrogens (tertiary/aromatic N) is 5. The fourth-order valence-corrected chi connectivity index (χ4v) is 2.40. The average molecular weight is 316 g/mol. The smallest absolute Gasteiger partial charge is 0.239 e. The highest BCUT2D eigenvalue weighted by Crippen LogP contribution is 2.16. The quantitative estimate of drug-likeness (QED) is 0.877. The molecule has 7 heteroatoms. The van der Waals surface area contributed by atoms with Gasteiger partial charge in [-0.1, -0.05) is 0 Å². The third kappa shape index (κ3) is 4.35. The lowest BCUT2D eigenvalue weighted by Crippen LogP contribution is -2.38. The largest absolute Gasteiger partial charge is 0.308 e. The molecule has 124 valence electrons. The van der Waals surface area contributed by atoms with E-state index in [-0.39, 0.29) is 11.9 Å². The molecule has 0 aliphatic heterocycles. The maximum absolute atomic E-state index is 12.3. The van der Waals surface area contributed by atoms with Crippen LogP contribution in [0.3, 0.4) is 0 Å². The molecule has 23 heavy (non-hydrogen) atoms. The molecule has 0 bridgehead atoms. The first kappa shape index (κ1) is 17.1. The van der Waals surface area contributed by atoms with Crippen LogP contribution in [-0.4, -0.2) is 43.1 Å². The van der Waals surface area contributed by atoms with Crippen molar-refractivity contribution in [3.05, 3.63) is 35.5 Å². The summed E-state index contributed by atoms with van der Waals surface area (Å²) in [5.74, 6) is 0.369. The van der Waals surface area contributed by atoms with Crippen molar-refractivity contribution < 1.29 is 4.79 Å². The predicted molar refractivity (Wildman–Crippen MR) is 88.9 cm³/mol. The Hall–Kier alpha value is -2.28. The van der Waals surface area contributed by atoms with Crippen LogP contribution in [0.15, 0.2) is 18.6 Å². The third-order valence-corrected chi connectivity index (χ3v) is 3.93. The number of nitrogens with one attached hydrogen (secondary N) is 1. The molecule has 0 aliphatic rings. The van der Waals surface area contributed by atoms with Crippen molar-refractivity contribution >= 4 is 11.7 Å². The summed E-state index contributed by atoms with van der Waals surface area (Å²) in [6.07, 6.45) is 4.66. The minimum atomic E-state index is -0.0987. The van der Waals surface area contributed by atoms with Crippen LogP contribution in [0, 0.1) is 13.8 Å². The molecule has 0 saturated heterocycles. The van der Waals surface area contributed by atoms with Crippen molar-refractivity contribution in [2.45, 2.75) is 40.3 Å². The zero-order valence-corrected chi connectivity index (χ0v) is 14.4. The molecule has 0 saturated carbocycles. The Labute approximate surface area is 136 Å². The van der Waals surface area contributed by atoms with Crippen molar-refractivity contribution in [2.75, 3.05) is 11.9 Å². The van der Waals surface area contributed by atoms with E-state index in [1.165, 1.54) is 11.8 Å². The topological polar surface area (TPSA) is 75.9 Å². The van der Waals surface area contributed by atoms with Gasteiger partial charge in [-0.3, -0.25) is 19.4 Å². The summed E-state index contributed by atoms with van der Waals surface area (Å²) in [4.78, 5) is 22.4. The van der Waals surface area contributed by atoms with E-state index in [1.54, 1.807) is 12.4 Å². The van der Waals surface area contributed by atoms with Gasteiger partial charge in [-0.05, 0) is 27.7 Å². The van der Waals surface area contributed by atoms with Crippen molar-refractivity contribution in [1.82, 2.24) is 24.6 Å². The van der Waals surface area contributed by atoms with Gasteiger partial charge in [0.25, 0.3) is 0 Å². The first-order chi connectivity index (χ1) is 10.9. The minimum Gasteiger partial charge on any atom is -0.308 e. The Morgan fingerprint density at radius 2 is 2.09 bits per heavy atom. The fraction of sp³-hybridized carbons (Fsp3) is 0.500.